The van der Waals surface area contributed by atoms with Crippen molar-refractivity contribution in [3.05, 3.63) is 72.4 Å². The van der Waals surface area contributed by atoms with Gasteiger partial charge >= 0.3 is 0 Å². The first-order valence-corrected chi connectivity index (χ1v) is 11.0. The molecule has 7 heteroatoms. The van der Waals surface area contributed by atoms with Crippen LogP contribution in [0.4, 0.5) is 5.69 Å². The number of piperidine rings is 1. The number of nitrogens with one attached hydrogen (secondary N) is 1. The normalized spacial score (nSPS) is 14.5. The molecule has 0 atom stereocenters. The number of carbonyl (C=O) groups excluding carboxylic acids is 1. The second kappa shape index (κ2) is 8.88. The lowest BCUT2D eigenvalue weighted by Gasteiger charge is -2.26. The quantitative estimate of drug-likeness (QED) is 0.515. The van der Waals surface area contributed by atoms with Crippen LogP contribution in [-0.4, -0.2) is 51.1 Å². The van der Waals surface area contributed by atoms with E-state index < -0.39 is 0 Å². The zero-order valence-electron chi connectivity index (χ0n) is 18.2. The number of fused-ring (bicyclic) bond motifs is 1. The number of pyridine rings is 2. The molecule has 1 N–H and O–H groups in total. The zero-order valence-corrected chi connectivity index (χ0v) is 18.2. The Bertz CT molecular complexity index is 1230. The van der Waals surface area contributed by atoms with Crippen molar-refractivity contribution in [2.75, 3.05) is 25.0 Å². The van der Waals surface area contributed by atoms with Crippen LogP contribution in [0.15, 0.2) is 61.2 Å². The van der Waals surface area contributed by atoms with Gasteiger partial charge in [-0.05, 0) is 67.4 Å². The third kappa shape index (κ3) is 4.11. The van der Waals surface area contributed by atoms with Gasteiger partial charge in [-0.25, -0.2) is 0 Å². The van der Waals surface area contributed by atoms with Crippen molar-refractivity contribution in [3.8, 4) is 11.1 Å². The molecule has 4 heterocycles. The first-order chi connectivity index (χ1) is 15.7. The number of aromatic amines is 1. The number of nitrogens with zero attached hydrogens (tertiary/aromatic N) is 5. The molecule has 3 aromatic heterocycles. The van der Waals surface area contributed by atoms with Gasteiger partial charge in [0.05, 0.1) is 17.4 Å². The largest absolute Gasteiger partial charge is 0.308 e. The number of carbonyl (C=O) groups is 1. The highest BCUT2D eigenvalue weighted by Crippen LogP contribution is 2.27. The number of rotatable bonds is 5. The fourth-order valence-corrected chi connectivity index (χ4v) is 4.29. The minimum Gasteiger partial charge on any atom is -0.308 e. The molecule has 1 saturated heterocycles. The molecule has 1 fully saturated rings. The minimum atomic E-state index is -0.182. The van der Waals surface area contributed by atoms with Gasteiger partial charge in [0.2, 0.25) is 0 Å². The van der Waals surface area contributed by atoms with Crippen LogP contribution in [0.5, 0.6) is 0 Å². The first-order valence-electron chi connectivity index (χ1n) is 11.0. The molecule has 4 aromatic rings. The Kier molecular flexibility index (Phi) is 5.64. The summed E-state index contributed by atoms with van der Waals surface area (Å²) in [6, 6.07) is 11.9. The molecule has 0 radical (unpaired) electrons. The minimum absolute atomic E-state index is 0.182. The number of benzene rings is 1. The fourth-order valence-electron chi connectivity index (χ4n) is 4.29. The molecule has 0 aliphatic carbocycles. The van der Waals surface area contributed by atoms with Crippen molar-refractivity contribution in [2.24, 2.45) is 0 Å². The Morgan fingerprint density at radius 1 is 1.03 bits per heavy atom. The summed E-state index contributed by atoms with van der Waals surface area (Å²) in [6.45, 7) is 3.23. The summed E-state index contributed by atoms with van der Waals surface area (Å²) in [5.41, 5.74) is 5.22. The molecule has 7 nitrogen and oxygen atoms in total. The fraction of sp³-hybridized carbons (Fsp3) is 0.280. The van der Waals surface area contributed by atoms with Gasteiger partial charge in [-0.2, -0.15) is 5.10 Å². The van der Waals surface area contributed by atoms with E-state index in [1.165, 1.54) is 24.8 Å². The van der Waals surface area contributed by atoms with Crippen LogP contribution >= 0.6 is 0 Å². The van der Waals surface area contributed by atoms with E-state index in [2.05, 4.69) is 31.1 Å². The van der Waals surface area contributed by atoms with Gasteiger partial charge in [0.1, 0.15) is 0 Å². The van der Waals surface area contributed by atoms with E-state index >= 15 is 0 Å². The van der Waals surface area contributed by atoms with E-state index in [0.29, 0.717) is 5.69 Å². The molecule has 0 spiro atoms. The molecule has 0 bridgehead atoms. The highest BCUT2D eigenvalue weighted by molar-refractivity contribution is 6.12. The predicted molar refractivity (Wildman–Crippen MR) is 125 cm³/mol. The molecule has 1 aliphatic rings. The molecule has 162 valence electrons. The third-order valence-corrected chi connectivity index (χ3v) is 6.09. The summed E-state index contributed by atoms with van der Waals surface area (Å²) in [5.74, 6) is -0.182. The van der Waals surface area contributed by atoms with Crippen LogP contribution in [-0.2, 0) is 6.54 Å². The van der Waals surface area contributed by atoms with Crippen LogP contribution in [0.3, 0.4) is 0 Å². The molecule has 32 heavy (non-hydrogen) atoms. The van der Waals surface area contributed by atoms with E-state index in [-0.39, 0.29) is 5.91 Å². The Morgan fingerprint density at radius 2 is 1.91 bits per heavy atom. The first kappa shape index (κ1) is 20.3. The molecular weight excluding hydrogens is 400 g/mol. The standard InChI is InChI=1S/C25H26N6O/c1-30(21-6-5-9-26-16-21)25(32)24-22-13-19(7-8-23(22)28-29-24)20-12-18(14-27-15-20)17-31-10-3-2-4-11-31/h5-9,12-16H,2-4,10-11,17H2,1H3,(H,28,29). The number of aromatic nitrogens is 4. The Balaban J connectivity index is 1.44. The monoisotopic (exact) mass is 426 g/mol. The Hall–Kier alpha value is -3.58. The average molecular weight is 427 g/mol. The molecule has 1 aromatic carbocycles. The van der Waals surface area contributed by atoms with Crippen LogP contribution in [0.25, 0.3) is 22.0 Å². The van der Waals surface area contributed by atoms with Gasteiger partial charge in [0.25, 0.3) is 5.91 Å². The van der Waals surface area contributed by atoms with E-state index in [1.54, 1.807) is 24.3 Å². The third-order valence-electron chi connectivity index (χ3n) is 6.09. The lowest BCUT2D eigenvalue weighted by molar-refractivity contribution is 0.0989. The van der Waals surface area contributed by atoms with Crippen LogP contribution in [0.2, 0.25) is 0 Å². The lowest BCUT2D eigenvalue weighted by Crippen LogP contribution is -2.29. The highest BCUT2D eigenvalue weighted by Gasteiger charge is 2.20. The van der Waals surface area contributed by atoms with Crippen molar-refractivity contribution in [2.45, 2.75) is 25.8 Å². The summed E-state index contributed by atoms with van der Waals surface area (Å²) < 4.78 is 0. The maximum atomic E-state index is 13.1. The van der Waals surface area contributed by atoms with Gasteiger partial charge in [-0.1, -0.05) is 12.5 Å². The number of hydrogen-bond acceptors (Lipinski definition) is 5. The van der Waals surface area contributed by atoms with Crippen molar-refractivity contribution in [3.63, 3.8) is 0 Å². The zero-order chi connectivity index (χ0) is 21.9. The van der Waals surface area contributed by atoms with Crippen LogP contribution in [0.1, 0.15) is 35.3 Å². The summed E-state index contributed by atoms with van der Waals surface area (Å²) >= 11 is 0. The molecule has 0 saturated carbocycles. The summed E-state index contributed by atoms with van der Waals surface area (Å²) in [5, 5.41) is 8.09. The Labute approximate surface area is 187 Å². The topological polar surface area (TPSA) is 78.0 Å². The van der Waals surface area contributed by atoms with Crippen LogP contribution < -0.4 is 4.90 Å². The summed E-state index contributed by atoms with van der Waals surface area (Å²) in [4.78, 5) is 25.8. The molecule has 5 rings (SSSR count). The van der Waals surface area contributed by atoms with Gasteiger partial charge in [-0.3, -0.25) is 24.8 Å². The highest BCUT2D eigenvalue weighted by atomic mass is 16.2. The SMILES string of the molecule is CN(C(=O)c1n[nH]c2ccc(-c3cncc(CN4CCCCC4)c3)cc12)c1cccnc1. The van der Waals surface area contributed by atoms with Gasteiger partial charge in [-0.15, -0.1) is 0 Å². The van der Waals surface area contributed by atoms with Crippen LogP contribution in [0, 0.1) is 0 Å². The van der Waals surface area contributed by atoms with E-state index in [1.807, 2.05) is 42.7 Å². The molecular formula is C25H26N6O. The molecule has 1 amide bonds. The predicted octanol–water partition coefficient (Wildman–Crippen LogP) is 4.28. The number of H-pyrrole nitrogens is 1. The average Bonchev–Trinajstić information content (AvgIpc) is 3.28. The lowest BCUT2D eigenvalue weighted by atomic mass is 10.0. The van der Waals surface area contributed by atoms with Gasteiger partial charge in [0, 0.05) is 43.1 Å². The second-order valence-electron chi connectivity index (χ2n) is 8.33. The number of hydrogen-bond donors (Lipinski definition) is 1. The molecule has 1 aliphatic heterocycles. The van der Waals surface area contributed by atoms with Gasteiger partial charge in [0.15, 0.2) is 5.69 Å². The second-order valence-corrected chi connectivity index (χ2v) is 8.33. The van der Waals surface area contributed by atoms with E-state index in [9.17, 15) is 4.79 Å². The van der Waals surface area contributed by atoms with Crippen molar-refractivity contribution < 1.29 is 4.79 Å². The summed E-state index contributed by atoms with van der Waals surface area (Å²) in [7, 11) is 1.73. The van der Waals surface area contributed by atoms with Crippen molar-refractivity contribution in [1.82, 2.24) is 25.1 Å². The van der Waals surface area contributed by atoms with Gasteiger partial charge < -0.3 is 4.90 Å². The number of amides is 1. The van der Waals surface area contributed by atoms with E-state index in [4.69, 9.17) is 0 Å². The van der Waals surface area contributed by atoms with Crippen molar-refractivity contribution in [1.29, 1.82) is 0 Å². The number of anilines is 1. The maximum absolute atomic E-state index is 13.1. The smallest absolute Gasteiger partial charge is 0.279 e. The molecule has 0 unspecified atom stereocenters. The van der Waals surface area contributed by atoms with E-state index in [0.717, 1.165) is 47.4 Å². The van der Waals surface area contributed by atoms with Crippen molar-refractivity contribution >= 4 is 22.5 Å². The maximum Gasteiger partial charge on any atom is 0.279 e. The number of likely N-dealkylation sites (tertiary alicyclic amines) is 1. The summed E-state index contributed by atoms with van der Waals surface area (Å²) in [6.07, 6.45) is 11.1. The Morgan fingerprint density at radius 3 is 2.72 bits per heavy atom.